The largest absolute Gasteiger partial charge is 0.351 e. The lowest BCUT2D eigenvalue weighted by molar-refractivity contribution is -0.124. The summed E-state index contributed by atoms with van der Waals surface area (Å²) in [4.78, 5) is 13.6. The summed E-state index contributed by atoms with van der Waals surface area (Å²) in [5.74, 6) is -0.223. The molecule has 5 nitrogen and oxygen atoms in total. The summed E-state index contributed by atoms with van der Waals surface area (Å²) in [6.07, 6.45) is 2.24. The molecule has 1 atom stereocenters. The lowest BCUT2D eigenvalue weighted by Crippen LogP contribution is -2.45. The van der Waals surface area contributed by atoms with E-state index in [1.54, 1.807) is 12.1 Å². The first-order valence-electron chi connectivity index (χ1n) is 8.85. The Balaban J connectivity index is 1.68. The van der Waals surface area contributed by atoms with Gasteiger partial charge in [-0.1, -0.05) is 31.2 Å². The Hall–Kier alpha value is -1.70. The zero-order chi connectivity index (χ0) is 18.7. The number of nitrogens with one attached hydrogen (secondary N) is 1. The van der Waals surface area contributed by atoms with Crippen LogP contribution in [-0.4, -0.2) is 31.2 Å². The van der Waals surface area contributed by atoms with Crippen molar-refractivity contribution >= 4 is 27.3 Å². The predicted molar refractivity (Wildman–Crippen MR) is 104 cm³/mol. The zero-order valence-electron chi connectivity index (χ0n) is 15.1. The van der Waals surface area contributed by atoms with E-state index >= 15 is 0 Å². The highest BCUT2D eigenvalue weighted by Gasteiger charge is 2.39. The first kappa shape index (κ1) is 19.1. The third-order valence-electron chi connectivity index (χ3n) is 4.68. The van der Waals surface area contributed by atoms with Crippen molar-refractivity contribution in [3.63, 3.8) is 0 Å². The highest BCUT2D eigenvalue weighted by Crippen LogP contribution is 2.30. The number of benzene rings is 1. The minimum atomic E-state index is -3.61. The molecule has 1 aromatic carbocycles. The van der Waals surface area contributed by atoms with Crippen molar-refractivity contribution < 1.29 is 13.2 Å². The van der Waals surface area contributed by atoms with E-state index in [2.05, 4.69) is 12.2 Å². The predicted octanol–water partition coefficient (Wildman–Crippen LogP) is 3.09. The number of hydrogen-bond acceptors (Lipinski definition) is 4. The molecule has 3 rings (SSSR count). The Bertz CT molecular complexity index is 872. The van der Waals surface area contributed by atoms with Crippen molar-refractivity contribution in [3.05, 3.63) is 52.4 Å². The van der Waals surface area contributed by atoms with Crippen molar-refractivity contribution in [2.75, 3.05) is 6.54 Å². The van der Waals surface area contributed by atoms with E-state index in [4.69, 9.17) is 0 Å². The van der Waals surface area contributed by atoms with Crippen LogP contribution in [0.25, 0.3) is 0 Å². The second-order valence-corrected chi connectivity index (χ2v) is 9.93. The number of carbonyl (C=O) groups is 1. The third-order valence-corrected chi connectivity index (χ3v) is 8.06. The van der Waals surface area contributed by atoms with Gasteiger partial charge in [-0.05, 0) is 49.4 Å². The summed E-state index contributed by atoms with van der Waals surface area (Å²) in [5.41, 5.74) is 2.26. The van der Waals surface area contributed by atoms with E-state index in [0.717, 1.165) is 16.9 Å². The second-order valence-electron chi connectivity index (χ2n) is 6.53. The minimum Gasteiger partial charge on any atom is -0.351 e. The number of amides is 1. The first-order chi connectivity index (χ1) is 12.4. The van der Waals surface area contributed by atoms with Gasteiger partial charge in [0.05, 0.1) is 0 Å². The number of sulfonamides is 1. The number of rotatable bonds is 6. The Kier molecular flexibility index (Phi) is 5.79. The van der Waals surface area contributed by atoms with Crippen LogP contribution in [0.2, 0.25) is 0 Å². The molecule has 2 aromatic rings. The Morgan fingerprint density at radius 2 is 1.88 bits per heavy atom. The molecule has 0 radical (unpaired) electrons. The Labute approximate surface area is 159 Å². The molecule has 1 unspecified atom stereocenters. The molecule has 26 heavy (non-hydrogen) atoms. The van der Waals surface area contributed by atoms with Crippen molar-refractivity contribution in [2.45, 2.75) is 49.9 Å². The number of aryl methyl sites for hydroxylation is 2. The first-order valence-corrected chi connectivity index (χ1v) is 11.1. The Morgan fingerprint density at radius 3 is 2.50 bits per heavy atom. The molecule has 1 N–H and O–H groups in total. The molecule has 0 aliphatic carbocycles. The summed E-state index contributed by atoms with van der Waals surface area (Å²) >= 11 is 1.25. The SMILES string of the molecule is CCc1ccc(CNC(=O)C2CCCN2S(=O)(=O)c2ccc(C)s2)cc1. The van der Waals surface area contributed by atoms with Crippen molar-refractivity contribution in [1.29, 1.82) is 0 Å². The summed E-state index contributed by atoms with van der Waals surface area (Å²) in [5, 5.41) is 2.90. The van der Waals surface area contributed by atoms with E-state index in [1.165, 1.54) is 21.2 Å². The molecule has 0 spiro atoms. The molecule has 1 aliphatic heterocycles. The van der Waals surface area contributed by atoms with Gasteiger partial charge in [0, 0.05) is 18.0 Å². The van der Waals surface area contributed by atoms with Gasteiger partial charge >= 0.3 is 0 Å². The molecule has 1 aliphatic rings. The molecule has 0 bridgehead atoms. The van der Waals surface area contributed by atoms with Crippen LogP contribution in [-0.2, 0) is 27.8 Å². The molecule has 2 heterocycles. The van der Waals surface area contributed by atoms with E-state index in [9.17, 15) is 13.2 Å². The second kappa shape index (κ2) is 7.90. The maximum absolute atomic E-state index is 12.9. The lowest BCUT2D eigenvalue weighted by atomic mass is 10.1. The summed E-state index contributed by atoms with van der Waals surface area (Å²) in [6.45, 7) is 4.77. The van der Waals surface area contributed by atoms with E-state index in [1.807, 2.05) is 31.2 Å². The monoisotopic (exact) mass is 392 g/mol. The van der Waals surface area contributed by atoms with Crippen LogP contribution in [0.3, 0.4) is 0 Å². The van der Waals surface area contributed by atoms with Crippen LogP contribution in [0, 0.1) is 6.92 Å². The maximum Gasteiger partial charge on any atom is 0.253 e. The zero-order valence-corrected chi connectivity index (χ0v) is 16.7. The molecule has 1 aromatic heterocycles. The van der Waals surface area contributed by atoms with Gasteiger partial charge in [-0.3, -0.25) is 4.79 Å². The number of carbonyl (C=O) groups excluding carboxylic acids is 1. The van der Waals surface area contributed by atoms with Crippen LogP contribution < -0.4 is 5.32 Å². The lowest BCUT2D eigenvalue weighted by Gasteiger charge is -2.22. The smallest absolute Gasteiger partial charge is 0.253 e. The van der Waals surface area contributed by atoms with Gasteiger partial charge in [0.1, 0.15) is 10.3 Å². The normalized spacial score (nSPS) is 18.2. The number of nitrogens with zero attached hydrogens (tertiary/aromatic N) is 1. The van der Waals surface area contributed by atoms with Crippen LogP contribution in [0.1, 0.15) is 35.8 Å². The number of hydrogen-bond donors (Lipinski definition) is 1. The topological polar surface area (TPSA) is 66.5 Å². The van der Waals surface area contributed by atoms with E-state index in [-0.39, 0.29) is 5.91 Å². The third kappa shape index (κ3) is 4.00. The molecule has 140 valence electrons. The van der Waals surface area contributed by atoms with E-state index < -0.39 is 16.1 Å². The molecule has 1 saturated heterocycles. The Morgan fingerprint density at radius 1 is 1.19 bits per heavy atom. The van der Waals surface area contributed by atoms with Gasteiger partial charge in [-0.25, -0.2) is 8.42 Å². The summed E-state index contributed by atoms with van der Waals surface area (Å²) < 4.78 is 27.4. The highest BCUT2D eigenvalue weighted by atomic mass is 32.2. The van der Waals surface area contributed by atoms with Crippen molar-refractivity contribution in [2.24, 2.45) is 0 Å². The van der Waals surface area contributed by atoms with Gasteiger partial charge in [-0.15, -0.1) is 11.3 Å². The highest BCUT2D eigenvalue weighted by molar-refractivity contribution is 7.91. The number of thiophene rings is 1. The molecule has 0 saturated carbocycles. The maximum atomic E-state index is 12.9. The van der Waals surface area contributed by atoms with Gasteiger partial charge in [-0.2, -0.15) is 4.31 Å². The fourth-order valence-corrected chi connectivity index (χ4v) is 6.23. The van der Waals surface area contributed by atoms with Crippen LogP contribution >= 0.6 is 11.3 Å². The standard InChI is InChI=1S/C19H24N2O3S2/c1-3-15-7-9-16(10-8-15)13-20-19(22)17-5-4-12-21(17)26(23,24)18-11-6-14(2)25-18/h6-11,17H,3-5,12-13H2,1-2H3,(H,20,22). The molecular formula is C19H24N2O3S2. The van der Waals surface area contributed by atoms with Gasteiger partial charge in [0.2, 0.25) is 5.91 Å². The molecule has 1 fully saturated rings. The molecule has 7 heteroatoms. The summed E-state index contributed by atoms with van der Waals surface area (Å²) in [7, 11) is -3.61. The summed E-state index contributed by atoms with van der Waals surface area (Å²) in [6, 6.07) is 10.9. The van der Waals surface area contributed by atoms with E-state index in [0.29, 0.717) is 30.1 Å². The van der Waals surface area contributed by atoms with Gasteiger partial charge in [0.25, 0.3) is 10.0 Å². The fraction of sp³-hybridized carbons (Fsp3) is 0.421. The van der Waals surface area contributed by atoms with Crippen molar-refractivity contribution in [3.8, 4) is 0 Å². The average Bonchev–Trinajstić information content (AvgIpc) is 3.30. The van der Waals surface area contributed by atoms with Crippen molar-refractivity contribution in [1.82, 2.24) is 9.62 Å². The van der Waals surface area contributed by atoms with Crippen LogP contribution in [0.4, 0.5) is 0 Å². The van der Waals surface area contributed by atoms with Crippen LogP contribution in [0.15, 0.2) is 40.6 Å². The van der Waals surface area contributed by atoms with Gasteiger partial charge in [0.15, 0.2) is 0 Å². The minimum absolute atomic E-state index is 0.223. The van der Waals surface area contributed by atoms with Gasteiger partial charge < -0.3 is 5.32 Å². The average molecular weight is 393 g/mol. The quantitative estimate of drug-likeness (QED) is 0.821. The fourth-order valence-electron chi connectivity index (χ4n) is 3.16. The molecular weight excluding hydrogens is 368 g/mol. The molecule has 1 amide bonds. The van der Waals surface area contributed by atoms with Crippen LogP contribution in [0.5, 0.6) is 0 Å².